The maximum atomic E-state index is 11.6. The van der Waals surface area contributed by atoms with Gasteiger partial charge >= 0.3 is 0 Å². The predicted octanol–water partition coefficient (Wildman–Crippen LogP) is 1.21. The molecule has 0 saturated carbocycles. The summed E-state index contributed by atoms with van der Waals surface area (Å²) in [7, 11) is 0. The van der Waals surface area contributed by atoms with Crippen molar-refractivity contribution in [3.8, 4) is 12.3 Å². The molecule has 3 heteroatoms. The Kier molecular flexibility index (Phi) is 3.69. The third-order valence-corrected chi connectivity index (χ3v) is 3.73. The van der Waals surface area contributed by atoms with Crippen LogP contribution in [0.3, 0.4) is 0 Å². The van der Waals surface area contributed by atoms with Crippen molar-refractivity contribution >= 4 is 5.91 Å². The van der Waals surface area contributed by atoms with E-state index in [-0.39, 0.29) is 23.8 Å². The molecule has 94 valence electrons. The summed E-state index contributed by atoms with van der Waals surface area (Å²) in [4.78, 5) is 13.7. The van der Waals surface area contributed by atoms with Gasteiger partial charge in [0.1, 0.15) is 0 Å². The molecular weight excluding hydrogens is 224 g/mol. The van der Waals surface area contributed by atoms with Crippen LogP contribution in [-0.2, 0) is 4.79 Å². The van der Waals surface area contributed by atoms with Crippen molar-refractivity contribution in [2.24, 2.45) is 11.7 Å². The molecule has 0 bridgehead atoms. The number of hydrogen-bond acceptors (Lipinski definition) is 2. The molecule has 3 nitrogen and oxygen atoms in total. The third-order valence-electron chi connectivity index (χ3n) is 3.73. The summed E-state index contributed by atoms with van der Waals surface area (Å²) in [5.41, 5.74) is 6.67. The Balaban J connectivity index is 2.23. The molecule has 3 atom stereocenters. The van der Waals surface area contributed by atoms with Crippen molar-refractivity contribution in [3.63, 3.8) is 0 Å². The lowest BCUT2D eigenvalue weighted by molar-refractivity contribution is -0.121. The fourth-order valence-corrected chi connectivity index (χ4v) is 2.58. The minimum Gasteiger partial charge on any atom is -0.369 e. The van der Waals surface area contributed by atoms with Crippen LogP contribution < -0.4 is 5.73 Å². The molecule has 0 aromatic heterocycles. The monoisotopic (exact) mass is 242 g/mol. The van der Waals surface area contributed by atoms with Crippen LogP contribution in [0.15, 0.2) is 30.3 Å². The lowest BCUT2D eigenvalue weighted by Crippen LogP contribution is -2.32. The van der Waals surface area contributed by atoms with Gasteiger partial charge in [0.15, 0.2) is 0 Å². The Bertz CT molecular complexity index is 463. The summed E-state index contributed by atoms with van der Waals surface area (Å²) in [6.45, 7) is 3.43. The first-order valence-corrected chi connectivity index (χ1v) is 6.18. The van der Waals surface area contributed by atoms with Gasteiger partial charge in [0.05, 0.1) is 12.0 Å². The topological polar surface area (TPSA) is 46.3 Å². The lowest BCUT2D eigenvalue weighted by atomic mass is 9.89. The predicted molar refractivity (Wildman–Crippen MR) is 71.7 cm³/mol. The number of rotatable bonds is 3. The number of primary amides is 1. The molecule has 1 heterocycles. The molecule has 0 aliphatic carbocycles. The van der Waals surface area contributed by atoms with E-state index >= 15 is 0 Å². The van der Waals surface area contributed by atoms with E-state index in [1.165, 1.54) is 0 Å². The van der Waals surface area contributed by atoms with E-state index in [0.717, 1.165) is 12.1 Å². The van der Waals surface area contributed by atoms with Crippen molar-refractivity contribution < 1.29 is 4.79 Å². The van der Waals surface area contributed by atoms with Gasteiger partial charge in [0.2, 0.25) is 5.91 Å². The zero-order valence-corrected chi connectivity index (χ0v) is 10.5. The van der Waals surface area contributed by atoms with Crippen LogP contribution >= 0.6 is 0 Å². The van der Waals surface area contributed by atoms with Gasteiger partial charge in [0, 0.05) is 19.0 Å². The van der Waals surface area contributed by atoms with Crippen molar-refractivity contribution in [3.05, 3.63) is 35.9 Å². The van der Waals surface area contributed by atoms with E-state index in [9.17, 15) is 4.79 Å². The van der Waals surface area contributed by atoms with Crippen molar-refractivity contribution in [1.29, 1.82) is 0 Å². The molecule has 1 unspecified atom stereocenters. The largest absolute Gasteiger partial charge is 0.369 e. The van der Waals surface area contributed by atoms with E-state index in [0.29, 0.717) is 6.54 Å². The first kappa shape index (κ1) is 12.7. The molecule has 1 aromatic carbocycles. The maximum Gasteiger partial charge on any atom is 0.222 e. The maximum absolute atomic E-state index is 11.6. The SMILES string of the molecule is C#CC(C)N1C[C@H](C(N)=O)[C@@H](c2ccccc2)C1. The van der Waals surface area contributed by atoms with Gasteiger partial charge in [0.25, 0.3) is 0 Å². The molecule has 0 spiro atoms. The molecule has 1 saturated heterocycles. The van der Waals surface area contributed by atoms with E-state index in [4.69, 9.17) is 12.2 Å². The normalized spacial score (nSPS) is 25.6. The van der Waals surface area contributed by atoms with E-state index < -0.39 is 0 Å². The Morgan fingerprint density at radius 1 is 1.44 bits per heavy atom. The van der Waals surface area contributed by atoms with Crippen molar-refractivity contribution in [2.75, 3.05) is 13.1 Å². The number of hydrogen-bond donors (Lipinski definition) is 1. The van der Waals surface area contributed by atoms with Gasteiger partial charge in [-0.1, -0.05) is 36.3 Å². The number of carbonyl (C=O) groups excluding carboxylic acids is 1. The first-order valence-electron chi connectivity index (χ1n) is 6.18. The number of likely N-dealkylation sites (tertiary alicyclic amines) is 1. The fraction of sp³-hybridized carbons (Fsp3) is 0.400. The summed E-state index contributed by atoms with van der Waals surface area (Å²) in [6.07, 6.45) is 5.45. The molecule has 18 heavy (non-hydrogen) atoms. The van der Waals surface area contributed by atoms with Crippen LogP contribution in [0.25, 0.3) is 0 Å². The number of terminal acetylenes is 1. The average Bonchev–Trinajstić information content (AvgIpc) is 2.84. The Hall–Kier alpha value is -1.79. The standard InChI is InChI=1S/C15H18N2O/c1-3-11(2)17-9-13(14(10-17)15(16)18)12-7-5-4-6-8-12/h1,4-8,11,13-14H,9-10H2,2H3,(H2,16,18)/t11?,13-,14+/m1/s1. The zero-order chi connectivity index (χ0) is 13.1. The molecular formula is C15H18N2O. The number of carbonyl (C=O) groups is 1. The molecule has 1 fully saturated rings. The minimum atomic E-state index is -0.240. The highest BCUT2D eigenvalue weighted by molar-refractivity contribution is 5.78. The van der Waals surface area contributed by atoms with Gasteiger partial charge in [-0.05, 0) is 12.5 Å². The average molecular weight is 242 g/mol. The van der Waals surface area contributed by atoms with Gasteiger partial charge in [-0.2, -0.15) is 0 Å². The third kappa shape index (κ3) is 2.39. The lowest BCUT2D eigenvalue weighted by Gasteiger charge is -2.19. The van der Waals surface area contributed by atoms with Crippen LogP contribution in [0.5, 0.6) is 0 Å². The highest BCUT2D eigenvalue weighted by atomic mass is 16.1. The zero-order valence-electron chi connectivity index (χ0n) is 10.5. The summed E-state index contributed by atoms with van der Waals surface area (Å²) in [5.74, 6) is 2.47. The molecule has 2 N–H and O–H groups in total. The van der Waals surface area contributed by atoms with Crippen LogP contribution in [0, 0.1) is 18.3 Å². The van der Waals surface area contributed by atoms with Gasteiger partial charge in [-0.3, -0.25) is 9.69 Å². The first-order chi connectivity index (χ1) is 8.63. The second kappa shape index (κ2) is 5.24. The van der Waals surface area contributed by atoms with Crippen LogP contribution in [0.2, 0.25) is 0 Å². The molecule has 1 amide bonds. The molecule has 0 radical (unpaired) electrons. The quantitative estimate of drug-likeness (QED) is 0.810. The van der Waals surface area contributed by atoms with E-state index in [1.54, 1.807) is 0 Å². The van der Waals surface area contributed by atoms with Crippen LogP contribution in [-0.4, -0.2) is 29.9 Å². The fourth-order valence-electron chi connectivity index (χ4n) is 2.58. The summed E-state index contributed by atoms with van der Waals surface area (Å²) in [5, 5.41) is 0. The summed E-state index contributed by atoms with van der Waals surface area (Å²) in [6, 6.07) is 10.1. The highest BCUT2D eigenvalue weighted by Crippen LogP contribution is 2.33. The van der Waals surface area contributed by atoms with Crippen molar-refractivity contribution in [1.82, 2.24) is 4.90 Å². The van der Waals surface area contributed by atoms with Crippen LogP contribution in [0.4, 0.5) is 0 Å². The van der Waals surface area contributed by atoms with Gasteiger partial charge < -0.3 is 5.73 Å². The minimum absolute atomic E-state index is 0.0422. The van der Waals surface area contributed by atoms with E-state index in [2.05, 4.69) is 10.8 Å². The second-order valence-corrected chi connectivity index (χ2v) is 4.82. The molecule has 1 aliphatic rings. The van der Waals surface area contributed by atoms with Gasteiger partial charge in [-0.15, -0.1) is 6.42 Å². The molecule has 1 aliphatic heterocycles. The Labute approximate surface area is 108 Å². The molecule has 1 aromatic rings. The van der Waals surface area contributed by atoms with Crippen LogP contribution in [0.1, 0.15) is 18.4 Å². The number of nitrogens with zero attached hydrogens (tertiary/aromatic N) is 1. The summed E-state index contributed by atoms with van der Waals surface area (Å²) >= 11 is 0. The van der Waals surface area contributed by atoms with Gasteiger partial charge in [-0.25, -0.2) is 0 Å². The Morgan fingerprint density at radius 3 is 2.67 bits per heavy atom. The number of amides is 1. The highest BCUT2D eigenvalue weighted by Gasteiger charge is 2.38. The Morgan fingerprint density at radius 2 is 2.11 bits per heavy atom. The molecule has 2 rings (SSSR count). The number of benzene rings is 1. The number of nitrogens with two attached hydrogens (primary N) is 1. The summed E-state index contributed by atoms with van der Waals surface area (Å²) < 4.78 is 0. The second-order valence-electron chi connectivity index (χ2n) is 4.82. The van der Waals surface area contributed by atoms with Crippen molar-refractivity contribution in [2.45, 2.75) is 18.9 Å². The smallest absolute Gasteiger partial charge is 0.222 e. The van der Waals surface area contributed by atoms with E-state index in [1.807, 2.05) is 37.3 Å².